The molecule has 58 valence electrons. The lowest BCUT2D eigenvalue weighted by Crippen LogP contribution is -1.79. The molecule has 0 atom stereocenters. The van der Waals surface area contributed by atoms with E-state index in [0.29, 0.717) is 0 Å². The Kier molecular flexibility index (Phi) is 9.44. The quantitative estimate of drug-likeness (QED) is 0.549. The van der Waals surface area contributed by atoms with Crippen LogP contribution in [0.4, 0.5) is 5.69 Å². The molecule has 0 unspecified atom stereocenters. The van der Waals surface area contributed by atoms with Gasteiger partial charge in [0.15, 0.2) is 0 Å². The third-order valence-corrected chi connectivity index (χ3v) is 0.800. The van der Waals surface area contributed by atoms with Crippen molar-refractivity contribution < 1.29 is 0 Å². The summed E-state index contributed by atoms with van der Waals surface area (Å²) in [4.78, 5) is 0. The van der Waals surface area contributed by atoms with E-state index in [4.69, 9.17) is 5.73 Å². The third kappa shape index (κ3) is 5.16. The molecule has 0 amide bonds. The van der Waals surface area contributed by atoms with Gasteiger partial charge in [-0.25, -0.2) is 0 Å². The highest BCUT2D eigenvalue weighted by Crippen LogP contribution is 1.95. The lowest BCUT2D eigenvalue weighted by atomic mass is 10.3. The first-order valence-electron chi connectivity index (χ1n) is 3.20. The molecule has 0 fully saturated rings. The second-order valence-electron chi connectivity index (χ2n) is 1.41. The van der Waals surface area contributed by atoms with E-state index in [9.17, 15) is 0 Å². The topological polar surface area (TPSA) is 26.0 Å². The van der Waals surface area contributed by atoms with Crippen molar-refractivity contribution in [3.63, 3.8) is 0 Å². The van der Waals surface area contributed by atoms with Crippen molar-refractivity contribution in [1.82, 2.24) is 0 Å². The Morgan fingerprint density at radius 2 is 1.40 bits per heavy atom. The van der Waals surface area contributed by atoms with Gasteiger partial charge in [-0.15, -0.1) is 0 Å². The van der Waals surface area contributed by atoms with E-state index < -0.39 is 0 Å². The van der Waals surface area contributed by atoms with E-state index in [1.165, 1.54) is 0 Å². The highest BCUT2D eigenvalue weighted by Gasteiger charge is 1.72. The van der Waals surface area contributed by atoms with E-state index in [1.54, 1.807) is 0 Å². The van der Waals surface area contributed by atoms with Crippen LogP contribution >= 0.6 is 0 Å². The minimum atomic E-state index is 0. The fourth-order valence-corrected chi connectivity index (χ4v) is 0.453. The fraction of sp³-hybridized carbons (Fsp3) is 0.333. The van der Waals surface area contributed by atoms with Gasteiger partial charge in [0.1, 0.15) is 0 Å². The molecular weight excluding hydrogens is 122 g/mol. The molecule has 0 saturated heterocycles. The Hall–Kier alpha value is -0.980. The minimum Gasteiger partial charge on any atom is -0.399 e. The summed E-state index contributed by atoms with van der Waals surface area (Å²) in [6, 6.07) is 9.49. The van der Waals surface area contributed by atoms with Gasteiger partial charge < -0.3 is 5.73 Å². The lowest BCUT2D eigenvalue weighted by Gasteiger charge is -1.83. The van der Waals surface area contributed by atoms with Gasteiger partial charge in [0.05, 0.1) is 0 Å². The first-order chi connectivity index (χ1) is 4.39. The molecule has 1 rings (SSSR count). The molecule has 2 N–H and O–H groups in total. The molecule has 10 heavy (non-hydrogen) atoms. The molecule has 0 saturated carbocycles. The molecule has 0 aromatic heterocycles. The van der Waals surface area contributed by atoms with Crippen molar-refractivity contribution in [2.75, 3.05) is 5.73 Å². The summed E-state index contributed by atoms with van der Waals surface area (Å²) in [6.45, 7) is 4.00. The van der Waals surface area contributed by atoms with Gasteiger partial charge in [0.25, 0.3) is 0 Å². The summed E-state index contributed by atoms with van der Waals surface area (Å²) in [5, 5.41) is 0. The van der Waals surface area contributed by atoms with E-state index in [1.807, 2.05) is 44.2 Å². The van der Waals surface area contributed by atoms with Crippen LogP contribution in [-0.4, -0.2) is 0 Å². The van der Waals surface area contributed by atoms with E-state index in [-0.39, 0.29) is 7.43 Å². The van der Waals surface area contributed by atoms with Crippen LogP contribution < -0.4 is 5.73 Å². The van der Waals surface area contributed by atoms with Crippen molar-refractivity contribution in [2.24, 2.45) is 0 Å². The molecule has 0 aliphatic carbocycles. The number of hydrogen-bond donors (Lipinski definition) is 1. The number of anilines is 1. The van der Waals surface area contributed by atoms with Gasteiger partial charge in [-0.05, 0) is 12.1 Å². The van der Waals surface area contributed by atoms with Crippen molar-refractivity contribution in [3.05, 3.63) is 30.3 Å². The van der Waals surface area contributed by atoms with Crippen molar-refractivity contribution >= 4 is 5.69 Å². The molecular formula is C9H17N. The zero-order chi connectivity index (χ0) is 7.11. The molecule has 0 aliphatic rings. The number of hydrogen-bond acceptors (Lipinski definition) is 1. The normalized spacial score (nSPS) is 6.60. The minimum absolute atomic E-state index is 0. The van der Waals surface area contributed by atoms with Gasteiger partial charge in [-0.2, -0.15) is 0 Å². The van der Waals surface area contributed by atoms with E-state index >= 15 is 0 Å². The molecule has 0 heterocycles. The van der Waals surface area contributed by atoms with E-state index in [0.717, 1.165) is 5.69 Å². The zero-order valence-corrected chi connectivity index (χ0v) is 5.96. The van der Waals surface area contributed by atoms with Crippen molar-refractivity contribution in [3.8, 4) is 0 Å². The maximum Gasteiger partial charge on any atom is 0.0313 e. The van der Waals surface area contributed by atoms with Crippen LogP contribution in [0.2, 0.25) is 0 Å². The predicted molar refractivity (Wildman–Crippen MR) is 48.9 cm³/mol. The standard InChI is InChI=1S/C6H7N.C2H6.CH4/c7-6-4-2-1-3-5-6;1-2;/h1-5H,7H2;1-2H3;1H4. The summed E-state index contributed by atoms with van der Waals surface area (Å²) in [6.07, 6.45) is 0. The van der Waals surface area contributed by atoms with Crippen LogP contribution in [0.1, 0.15) is 21.3 Å². The van der Waals surface area contributed by atoms with Crippen LogP contribution in [0, 0.1) is 0 Å². The van der Waals surface area contributed by atoms with E-state index in [2.05, 4.69) is 0 Å². The molecule has 1 nitrogen and oxygen atoms in total. The number of rotatable bonds is 0. The van der Waals surface area contributed by atoms with Crippen LogP contribution in [0.25, 0.3) is 0 Å². The predicted octanol–water partition coefficient (Wildman–Crippen LogP) is 2.93. The maximum absolute atomic E-state index is 5.36. The van der Waals surface area contributed by atoms with Crippen molar-refractivity contribution in [1.29, 1.82) is 0 Å². The maximum atomic E-state index is 5.36. The van der Waals surface area contributed by atoms with Gasteiger partial charge in [0, 0.05) is 5.69 Å². The summed E-state index contributed by atoms with van der Waals surface area (Å²) in [7, 11) is 0. The Morgan fingerprint density at radius 1 is 1.00 bits per heavy atom. The van der Waals surface area contributed by atoms with Gasteiger partial charge in [0.2, 0.25) is 0 Å². The third-order valence-electron chi connectivity index (χ3n) is 0.800. The first kappa shape index (κ1) is 11.8. The summed E-state index contributed by atoms with van der Waals surface area (Å²) in [5.41, 5.74) is 6.18. The number of para-hydroxylation sites is 1. The van der Waals surface area contributed by atoms with Crippen LogP contribution in [0.5, 0.6) is 0 Å². The largest absolute Gasteiger partial charge is 0.399 e. The van der Waals surface area contributed by atoms with Gasteiger partial charge >= 0.3 is 0 Å². The highest BCUT2D eigenvalue weighted by molar-refractivity contribution is 5.35. The number of nitrogens with two attached hydrogens (primary N) is 1. The Morgan fingerprint density at radius 3 is 1.60 bits per heavy atom. The second kappa shape index (κ2) is 8.02. The summed E-state index contributed by atoms with van der Waals surface area (Å²) in [5.74, 6) is 0. The lowest BCUT2D eigenvalue weighted by molar-refractivity contribution is 1.50. The molecule has 0 spiro atoms. The van der Waals surface area contributed by atoms with Gasteiger partial charge in [-0.3, -0.25) is 0 Å². The highest BCUT2D eigenvalue weighted by atomic mass is 14.5. The molecule has 1 heteroatoms. The average molecular weight is 139 g/mol. The van der Waals surface area contributed by atoms with Crippen molar-refractivity contribution in [2.45, 2.75) is 21.3 Å². The van der Waals surface area contributed by atoms with Crippen LogP contribution in [0.3, 0.4) is 0 Å². The fourth-order valence-electron chi connectivity index (χ4n) is 0.453. The average Bonchev–Trinajstić information content (AvgIpc) is 1.94. The Bertz CT molecular complexity index is 135. The zero-order valence-electron chi connectivity index (χ0n) is 5.96. The smallest absolute Gasteiger partial charge is 0.0313 e. The Balaban J connectivity index is 0. The molecule has 1 aromatic rings. The SMILES string of the molecule is C.CC.Nc1ccccc1. The number of benzene rings is 1. The summed E-state index contributed by atoms with van der Waals surface area (Å²) < 4.78 is 0. The molecule has 1 aromatic carbocycles. The Labute approximate surface area is 63.9 Å². The second-order valence-corrected chi connectivity index (χ2v) is 1.41. The molecule has 0 bridgehead atoms. The molecule has 0 aliphatic heterocycles. The number of nitrogen functional groups attached to an aromatic ring is 1. The monoisotopic (exact) mass is 139 g/mol. The van der Waals surface area contributed by atoms with Crippen LogP contribution in [0.15, 0.2) is 30.3 Å². The molecule has 0 radical (unpaired) electrons. The van der Waals surface area contributed by atoms with Crippen LogP contribution in [-0.2, 0) is 0 Å². The first-order valence-corrected chi connectivity index (χ1v) is 3.20. The van der Waals surface area contributed by atoms with Gasteiger partial charge in [-0.1, -0.05) is 39.5 Å². The summed E-state index contributed by atoms with van der Waals surface area (Å²) >= 11 is 0.